The minimum Gasteiger partial charge on any atom is -0.475 e. The number of hydrogen-bond donors (Lipinski definition) is 2. The van der Waals surface area contributed by atoms with Crippen molar-refractivity contribution in [1.29, 1.82) is 0 Å². The molecular weight excluding hydrogens is 250 g/mol. The summed E-state index contributed by atoms with van der Waals surface area (Å²) in [5.74, 6) is -0.343. The van der Waals surface area contributed by atoms with Crippen LogP contribution in [-0.4, -0.2) is 11.1 Å². The third kappa shape index (κ3) is 3.00. The van der Waals surface area contributed by atoms with Crippen molar-refractivity contribution >= 4 is 17.3 Å². The molecule has 0 saturated carbocycles. The van der Waals surface area contributed by atoms with Crippen LogP contribution in [0.2, 0.25) is 0 Å². The lowest BCUT2D eigenvalue weighted by atomic mass is 10.2. The maximum atomic E-state index is 10.8. The highest BCUT2D eigenvalue weighted by atomic mass is 32.1. The lowest BCUT2D eigenvalue weighted by Gasteiger charge is -1.99. The number of aryl methyl sites for hydroxylation is 2. The van der Waals surface area contributed by atoms with E-state index in [9.17, 15) is 4.79 Å². The van der Waals surface area contributed by atoms with Gasteiger partial charge in [-0.1, -0.05) is 0 Å². The largest absolute Gasteiger partial charge is 0.475 e. The molecular formula is C13H15NO3S. The highest BCUT2D eigenvalue weighted by molar-refractivity contribution is 7.11. The molecule has 0 fully saturated rings. The van der Waals surface area contributed by atoms with Crippen LogP contribution in [0.1, 0.15) is 31.6 Å². The maximum absolute atomic E-state index is 10.8. The van der Waals surface area contributed by atoms with E-state index in [0.29, 0.717) is 17.9 Å². The number of furan rings is 1. The zero-order valence-electron chi connectivity index (χ0n) is 10.3. The van der Waals surface area contributed by atoms with Gasteiger partial charge in [-0.05, 0) is 32.0 Å². The van der Waals surface area contributed by atoms with Gasteiger partial charge in [0.25, 0.3) is 0 Å². The Hall–Kier alpha value is -1.59. The summed E-state index contributed by atoms with van der Waals surface area (Å²) in [7, 11) is 0. The van der Waals surface area contributed by atoms with E-state index in [2.05, 4.69) is 24.4 Å². The minimum absolute atomic E-state index is 0.0266. The van der Waals surface area contributed by atoms with Gasteiger partial charge in [-0.15, -0.1) is 11.3 Å². The molecule has 0 radical (unpaired) electrons. The fourth-order valence-corrected chi connectivity index (χ4v) is 2.60. The number of hydrogen-bond acceptors (Lipinski definition) is 4. The van der Waals surface area contributed by atoms with Gasteiger partial charge in [0.1, 0.15) is 5.76 Å². The van der Waals surface area contributed by atoms with E-state index in [1.807, 2.05) is 0 Å². The summed E-state index contributed by atoms with van der Waals surface area (Å²) in [6.07, 6.45) is 0. The predicted molar refractivity (Wildman–Crippen MR) is 70.0 cm³/mol. The summed E-state index contributed by atoms with van der Waals surface area (Å²) in [6.45, 7) is 5.11. The van der Waals surface area contributed by atoms with Crippen LogP contribution < -0.4 is 5.32 Å². The van der Waals surface area contributed by atoms with Crippen molar-refractivity contribution in [2.24, 2.45) is 0 Å². The molecule has 0 unspecified atom stereocenters. The van der Waals surface area contributed by atoms with Crippen molar-refractivity contribution in [1.82, 2.24) is 5.32 Å². The fraction of sp³-hybridized carbons (Fsp3) is 0.308. The zero-order valence-corrected chi connectivity index (χ0v) is 11.1. The molecule has 0 spiro atoms. The average Bonchev–Trinajstić information content (AvgIpc) is 2.85. The Kier molecular flexibility index (Phi) is 3.84. The molecule has 2 aromatic rings. The molecule has 0 bridgehead atoms. The number of rotatable bonds is 5. The van der Waals surface area contributed by atoms with E-state index in [1.165, 1.54) is 9.75 Å². The lowest BCUT2D eigenvalue weighted by molar-refractivity contribution is 0.0659. The highest BCUT2D eigenvalue weighted by Gasteiger charge is 2.13. The standard InChI is InChI=1S/C13H15NO3S/c1-8-5-10(17-12(8)13(15)16)6-14-7-11-4-3-9(2)18-11/h3-5,14H,6-7H2,1-2H3,(H,15,16). The van der Waals surface area contributed by atoms with Crippen LogP contribution in [0.25, 0.3) is 0 Å². The quantitative estimate of drug-likeness (QED) is 0.872. The Balaban J connectivity index is 1.90. The summed E-state index contributed by atoms with van der Waals surface area (Å²) >= 11 is 1.75. The summed E-state index contributed by atoms with van der Waals surface area (Å²) < 4.78 is 5.26. The lowest BCUT2D eigenvalue weighted by Crippen LogP contribution is -2.11. The molecule has 2 heterocycles. The van der Waals surface area contributed by atoms with Gasteiger partial charge in [0.05, 0.1) is 6.54 Å². The van der Waals surface area contributed by atoms with Crippen LogP contribution in [0.4, 0.5) is 0 Å². The molecule has 0 amide bonds. The second kappa shape index (κ2) is 5.37. The first-order valence-electron chi connectivity index (χ1n) is 5.65. The van der Waals surface area contributed by atoms with Gasteiger partial charge >= 0.3 is 5.97 Å². The van der Waals surface area contributed by atoms with Crippen LogP contribution in [0.15, 0.2) is 22.6 Å². The Morgan fingerprint density at radius 1 is 1.39 bits per heavy atom. The second-order valence-electron chi connectivity index (χ2n) is 4.15. The molecule has 18 heavy (non-hydrogen) atoms. The van der Waals surface area contributed by atoms with Gasteiger partial charge in [0.15, 0.2) is 0 Å². The monoisotopic (exact) mass is 265 g/mol. The van der Waals surface area contributed by atoms with Gasteiger partial charge in [-0.25, -0.2) is 4.79 Å². The second-order valence-corrected chi connectivity index (χ2v) is 5.52. The molecule has 0 atom stereocenters. The van der Waals surface area contributed by atoms with Crippen molar-refractivity contribution < 1.29 is 14.3 Å². The van der Waals surface area contributed by atoms with E-state index < -0.39 is 5.97 Å². The third-order valence-electron chi connectivity index (χ3n) is 2.56. The molecule has 0 aromatic carbocycles. The van der Waals surface area contributed by atoms with Crippen molar-refractivity contribution in [2.75, 3.05) is 0 Å². The number of carboxylic acids is 1. The topological polar surface area (TPSA) is 62.5 Å². The summed E-state index contributed by atoms with van der Waals surface area (Å²) in [5.41, 5.74) is 0.659. The number of nitrogens with one attached hydrogen (secondary N) is 1. The average molecular weight is 265 g/mol. The fourth-order valence-electron chi connectivity index (χ4n) is 1.74. The number of carboxylic acid groups (broad SMARTS) is 1. The first kappa shape index (κ1) is 12.9. The molecule has 96 valence electrons. The predicted octanol–water partition coefficient (Wildman–Crippen LogP) is 2.95. The molecule has 5 heteroatoms. The Morgan fingerprint density at radius 2 is 2.17 bits per heavy atom. The van der Waals surface area contributed by atoms with Gasteiger partial charge in [0, 0.05) is 21.9 Å². The summed E-state index contributed by atoms with van der Waals surface area (Å²) in [5, 5.41) is 12.1. The Bertz CT molecular complexity index is 556. The van der Waals surface area contributed by atoms with Gasteiger partial charge < -0.3 is 14.8 Å². The summed E-state index contributed by atoms with van der Waals surface area (Å²) in [6, 6.07) is 5.93. The van der Waals surface area contributed by atoms with Gasteiger partial charge in [0.2, 0.25) is 5.76 Å². The maximum Gasteiger partial charge on any atom is 0.372 e. The van der Waals surface area contributed by atoms with Crippen molar-refractivity contribution in [3.63, 3.8) is 0 Å². The van der Waals surface area contributed by atoms with Crippen molar-refractivity contribution in [3.8, 4) is 0 Å². The molecule has 0 aliphatic heterocycles. The van der Waals surface area contributed by atoms with Crippen molar-refractivity contribution in [2.45, 2.75) is 26.9 Å². The van der Waals surface area contributed by atoms with Crippen molar-refractivity contribution in [3.05, 3.63) is 45.0 Å². The van der Waals surface area contributed by atoms with E-state index in [0.717, 1.165) is 6.54 Å². The smallest absolute Gasteiger partial charge is 0.372 e. The molecule has 0 aliphatic carbocycles. The Morgan fingerprint density at radius 3 is 2.72 bits per heavy atom. The normalized spacial score (nSPS) is 10.8. The summed E-state index contributed by atoms with van der Waals surface area (Å²) in [4.78, 5) is 13.4. The molecule has 2 rings (SSSR count). The molecule has 4 nitrogen and oxygen atoms in total. The number of thiophene rings is 1. The van der Waals surface area contributed by atoms with E-state index in [4.69, 9.17) is 9.52 Å². The van der Waals surface area contributed by atoms with Crippen LogP contribution in [-0.2, 0) is 13.1 Å². The number of aromatic carboxylic acids is 1. The molecule has 2 N–H and O–H groups in total. The zero-order chi connectivity index (χ0) is 13.1. The van der Waals surface area contributed by atoms with E-state index in [-0.39, 0.29) is 5.76 Å². The van der Waals surface area contributed by atoms with E-state index in [1.54, 1.807) is 24.3 Å². The molecule has 0 saturated heterocycles. The minimum atomic E-state index is -1.02. The van der Waals surface area contributed by atoms with Gasteiger partial charge in [-0.2, -0.15) is 0 Å². The van der Waals surface area contributed by atoms with Crippen LogP contribution in [0.5, 0.6) is 0 Å². The number of carbonyl (C=O) groups is 1. The van der Waals surface area contributed by atoms with Crippen LogP contribution in [0, 0.1) is 13.8 Å². The van der Waals surface area contributed by atoms with Crippen LogP contribution >= 0.6 is 11.3 Å². The Labute approximate surface area is 109 Å². The SMILES string of the molecule is Cc1ccc(CNCc2cc(C)c(C(=O)O)o2)s1. The third-order valence-corrected chi connectivity index (χ3v) is 3.56. The molecule has 0 aliphatic rings. The highest BCUT2D eigenvalue weighted by Crippen LogP contribution is 2.16. The molecule has 2 aromatic heterocycles. The first-order valence-corrected chi connectivity index (χ1v) is 6.46. The van der Waals surface area contributed by atoms with Crippen LogP contribution in [0.3, 0.4) is 0 Å². The van der Waals surface area contributed by atoms with Gasteiger partial charge in [-0.3, -0.25) is 0 Å². The first-order chi connectivity index (χ1) is 8.56. The van der Waals surface area contributed by atoms with E-state index >= 15 is 0 Å².